The van der Waals surface area contributed by atoms with Crippen LogP contribution in [0.4, 0.5) is 0 Å². The van der Waals surface area contributed by atoms with Gasteiger partial charge in [0.25, 0.3) is 0 Å². The smallest absolute Gasteiger partial charge is 0.00767 e. The Balaban J connectivity index is 0.00000196. The van der Waals surface area contributed by atoms with Gasteiger partial charge in [-0.15, -0.1) is 13.1 Å². The molecule has 91 valence electrons. The Hall–Kier alpha value is 1.42. The van der Waals surface area contributed by atoms with Crippen LogP contribution in [0.25, 0.3) is 5.32 Å². The van der Waals surface area contributed by atoms with Crippen molar-refractivity contribution in [2.75, 3.05) is 52.4 Å². The minimum absolute atomic E-state index is 0. The maximum absolute atomic E-state index is 4.44. The Morgan fingerprint density at radius 1 is 0.600 bits per heavy atom. The average Bonchev–Trinajstić information content (AvgIpc) is 2.22. The number of nitrogens with one attached hydrogen (secondary N) is 3. The van der Waals surface area contributed by atoms with Crippen LogP contribution >= 0.6 is 0 Å². The summed E-state index contributed by atoms with van der Waals surface area (Å²) in [5.41, 5.74) is 0. The van der Waals surface area contributed by atoms with E-state index in [4.69, 9.17) is 0 Å². The van der Waals surface area contributed by atoms with E-state index in [9.17, 15) is 0 Å². The predicted octanol–water partition coefficient (Wildman–Crippen LogP) is -0.0773. The van der Waals surface area contributed by atoms with Crippen LogP contribution in [-0.4, -0.2) is 52.4 Å². The van der Waals surface area contributed by atoms with Gasteiger partial charge in [-0.05, 0) is 32.6 Å². The summed E-state index contributed by atoms with van der Waals surface area (Å²) in [7, 11) is 0. The zero-order chi connectivity index (χ0) is 9.90. The number of nitrogens with zero attached hydrogens (tertiary/aromatic N) is 1. The van der Waals surface area contributed by atoms with Gasteiger partial charge in [0.15, 0.2) is 0 Å². The van der Waals surface area contributed by atoms with Gasteiger partial charge < -0.3 is 21.3 Å². The zero-order valence-electron chi connectivity index (χ0n) is 9.40. The van der Waals surface area contributed by atoms with Crippen LogP contribution in [0.3, 0.4) is 0 Å². The van der Waals surface area contributed by atoms with Crippen molar-refractivity contribution in [1.29, 1.82) is 0 Å². The number of hydrogen-bond acceptors (Lipinski definition) is 3. The molecule has 0 amide bonds. The van der Waals surface area contributed by atoms with Crippen LogP contribution in [0.5, 0.6) is 0 Å². The fourth-order valence-electron chi connectivity index (χ4n) is 1.48. The third kappa shape index (κ3) is 11.7. The first-order valence-corrected chi connectivity index (χ1v) is 5.75. The molecule has 4 nitrogen and oxygen atoms in total. The molecule has 1 heterocycles. The van der Waals surface area contributed by atoms with Crippen molar-refractivity contribution in [3.05, 3.63) is 5.32 Å². The van der Waals surface area contributed by atoms with Crippen molar-refractivity contribution in [3.63, 3.8) is 0 Å². The summed E-state index contributed by atoms with van der Waals surface area (Å²) in [6, 6.07) is 0. The average molecular weight is 351 g/mol. The SMILES string of the molecule is C1C[N-]CCNCCCNCCNC1.[Eu]. The molecule has 0 saturated carbocycles. The molecule has 0 aromatic carbocycles. The molecule has 0 spiro atoms. The van der Waals surface area contributed by atoms with E-state index in [1.54, 1.807) is 0 Å². The van der Waals surface area contributed by atoms with Crippen LogP contribution in [-0.2, 0) is 0 Å². The van der Waals surface area contributed by atoms with E-state index in [2.05, 4.69) is 21.3 Å². The molecule has 1 fully saturated rings. The molecule has 1 saturated heterocycles. The van der Waals surface area contributed by atoms with E-state index in [1.807, 2.05) is 0 Å². The second-order valence-corrected chi connectivity index (χ2v) is 3.63. The minimum atomic E-state index is 0. The van der Waals surface area contributed by atoms with Crippen molar-refractivity contribution in [2.45, 2.75) is 12.8 Å². The molecule has 1 rings (SSSR count). The predicted molar refractivity (Wildman–Crippen MR) is 60.9 cm³/mol. The van der Waals surface area contributed by atoms with Crippen molar-refractivity contribution in [1.82, 2.24) is 16.0 Å². The summed E-state index contributed by atoms with van der Waals surface area (Å²) >= 11 is 0. The van der Waals surface area contributed by atoms with Gasteiger partial charge in [-0.25, -0.2) is 0 Å². The third-order valence-electron chi connectivity index (χ3n) is 2.30. The molecular weight excluding hydrogens is 328 g/mol. The van der Waals surface area contributed by atoms with Gasteiger partial charge in [0.1, 0.15) is 0 Å². The number of hydrogen-bond donors (Lipinski definition) is 3. The Kier molecular flexibility index (Phi) is 14.8. The van der Waals surface area contributed by atoms with Crippen LogP contribution in [0.2, 0.25) is 0 Å². The van der Waals surface area contributed by atoms with Gasteiger partial charge in [-0.2, -0.15) is 0 Å². The first-order chi connectivity index (χ1) is 7.00. The van der Waals surface area contributed by atoms with Gasteiger partial charge in [0, 0.05) is 62.5 Å². The Morgan fingerprint density at radius 2 is 1.20 bits per heavy atom. The minimum Gasteiger partial charge on any atom is -0.661 e. The van der Waals surface area contributed by atoms with Crippen molar-refractivity contribution >= 4 is 0 Å². The van der Waals surface area contributed by atoms with E-state index in [0.29, 0.717) is 0 Å². The molecular formula is C10H23EuN4-. The van der Waals surface area contributed by atoms with Crippen LogP contribution in [0, 0.1) is 49.4 Å². The van der Waals surface area contributed by atoms with Gasteiger partial charge in [-0.3, -0.25) is 0 Å². The first kappa shape index (κ1) is 16.4. The topological polar surface area (TPSA) is 50.2 Å². The number of rotatable bonds is 0. The third-order valence-corrected chi connectivity index (χ3v) is 2.30. The van der Waals surface area contributed by atoms with E-state index in [-0.39, 0.29) is 49.4 Å². The molecule has 0 atom stereocenters. The Bertz CT molecular complexity index is 70.7. The van der Waals surface area contributed by atoms with E-state index >= 15 is 0 Å². The quantitative estimate of drug-likeness (QED) is 0.572. The molecule has 1 aliphatic heterocycles. The van der Waals surface area contributed by atoms with E-state index in [0.717, 1.165) is 52.4 Å². The van der Waals surface area contributed by atoms with Crippen LogP contribution in [0.15, 0.2) is 0 Å². The molecule has 1 radical (unpaired) electrons. The summed E-state index contributed by atoms with van der Waals surface area (Å²) in [5, 5.41) is 14.6. The first-order valence-electron chi connectivity index (χ1n) is 5.75. The molecule has 15 heavy (non-hydrogen) atoms. The summed E-state index contributed by atoms with van der Waals surface area (Å²) < 4.78 is 0. The van der Waals surface area contributed by atoms with Gasteiger partial charge >= 0.3 is 0 Å². The largest absolute Gasteiger partial charge is 0.661 e. The molecule has 0 aromatic rings. The molecule has 0 bridgehead atoms. The Morgan fingerprint density at radius 3 is 1.93 bits per heavy atom. The van der Waals surface area contributed by atoms with Crippen LogP contribution in [0.1, 0.15) is 12.8 Å². The summed E-state index contributed by atoms with van der Waals surface area (Å²) in [5.74, 6) is 0. The summed E-state index contributed by atoms with van der Waals surface area (Å²) in [6.07, 6.45) is 2.38. The van der Waals surface area contributed by atoms with Crippen LogP contribution < -0.4 is 16.0 Å². The maximum atomic E-state index is 4.44. The summed E-state index contributed by atoms with van der Waals surface area (Å²) in [4.78, 5) is 0. The summed E-state index contributed by atoms with van der Waals surface area (Å²) in [6.45, 7) is 8.48. The van der Waals surface area contributed by atoms with Crippen molar-refractivity contribution in [3.8, 4) is 0 Å². The normalized spacial score (nSPS) is 22.4. The second kappa shape index (κ2) is 13.5. The van der Waals surface area contributed by atoms with Gasteiger partial charge in [0.2, 0.25) is 0 Å². The zero-order valence-corrected chi connectivity index (χ0v) is 11.8. The molecule has 0 aromatic heterocycles. The standard InChI is InChI=1S/C10H23N4.Eu/c1-3-11-7-9-13-5-2-6-14-10-8-12-4-1;/h11-13H,1-10H2;/q-1;. The van der Waals surface area contributed by atoms with E-state index < -0.39 is 0 Å². The van der Waals surface area contributed by atoms with Crippen molar-refractivity contribution in [2.24, 2.45) is 0 Å². The molecule has 5 heteroatoms. The molecule has 3 N–H and O–H groups in total. The fraction of sp³-hybridized carbons (Fsp3) is 1.00. The van der Waals surface area contributed by atoms with Crippen molar-refractivity contribution < 1.29 is 49.4 Å². The second-order valence-electron chi connectivity index (χ2n) is 3.63. The molecule has 1 aliphatic rings. The maximum Gasteiger partial charge on any atom is 0.00767 e. The molecule has 0 aliphatic carbocycles. The van der Waals surface area contributed by atoms with Gasteiger partial charge in [0.05, 0.1) is 0 Å². The fourth-order valence-corrected chi connectivity index (χ4v) is 1.48. The van der Waals surface area contributed by atoms with E-state index in [1.165, 1.54) is 12.8 Å². The Labute approximate surface area is 134 Å². The monoisotopic (exact) mass is 352 g/mol. The van der Waals surface area contributed by atoms with Gasteiger partial charge in [-0.1, -0.05) is 6.42 Å². The molecule has 0 unspecified atom stereocenters.